The topological polar surface area (TPSA) is 66.0 Å². The highest BCUT2D eigenvalue weighted by molar-refractivity contribution is 5.85. The van der Waals surface area contributed by atoms with E-state index in [4.69, 9.17) is 5.11 Å². The number of fused-ring (bicyclic) bond motifs is 1. The molecule has 0 aliphatic carbocycles. The van der Waals surface area contributed by atoms with Gasteiger partial charge in [-0.05, 0) is 24.0 Å². The molecule has 0 fully saturated rings. The molecule has 0 saturated carbocycles. The van der Waals surface area contributed by atoms with Crippen molar-refractivity contribution in [2.75, 3.05) is 0 Å². The Morgan fingerprint density at radius 2 is 2.24 bits per heavy atom. The predicted molar refractivity (Wildman–Crippen MR) is 66.1 cm³/mol. The SMILES string of the molecule is CC(C)c1[nH]nc2cccc(CCC(=O)O)c12. The summed E-state index contributed by atoms with van der Waals surface area (Å²) in [5.41, 5.74) is 3.06. The number of benzene rings is 1. The van der Waals surface area contributed by atoms with E-state index in [0.717, 1.165) is 22.2 Å². The van der Waals surface area contributed by atoms with Crippen LogP contribution in [0.5, 0.6) is 0 Å². The number of aryl methyl sites for hydroxylation is 1. The average molecular weight is 232 g/mol. The Kier molecular flexibility index (Phi) is 3.13. The van der Waals surface area contributed by atoms with E-state index >= 15 is 0 Å². The van der Waals surface area contributed by atoms with Crippen molar-refractivity contribution in [3.05, 3.63) is 29.5 Å². The summed E-state index contributed by atoms with van der Waals surface area (Å²) in [6.45, 7) is 4.20. The van der Waals surface area contributed by atoms with E-state index in [1.807, 2.05) is 18.2 Å². The Labute approximate surface area is 99.7 Å². The highest BCUT2D eigenvalue weighted by Crippen LogP contribution is 2.26. The van der Waals surface area contributed by atoms with Gasteiger partial charge in [-0.1, -0.05) is 26.0 Å². The zero-order valence-corrected chi connectivity index (χ0v) is 10.0. The molecule has 0 atom stereocenters. The van der Waals surface area contributed by atoms with Gasteiger partial charge in [0.15, 0.2) is 0 Å². The lowest BCUT2D eigenvalue weighted by Crippen LogP contribution is -1.99. The Bertz CT molecular complexity index is 543. The van der Waals surface area contributed by atoms with Crippen molar-refractivity contribution in [3.8, 4) is 0 Å². The first-order valence-electron chi connectivity index (χ1n) is 5.77. The second-order valence-electron chi connectivity index (χ2n) is 4.50. The van der Waals surface area contributed by atoms with Gasteiger partial charge in [0.1, 0.15) is 0 Å². The van der Waals surface area contributed by atoms with E-state index in [1.54, 1.807) is 0 Å². The van der Waals surface area contributed by atoms with E-state index in [1.165, 1.54) is 0 Å². The van der Waals surface area contributed by atoms with Crippen molar-refractivity contribution < 1.29 is 9.90 Å². The fraction of sp³-hybridized carbons (Fsp3) is 0.385. The second-order valence-corrected chi connectivity index (χ2v) is 4.50. The molecule has 2 N–H and O–H groups in total. The predicted octanol–water partition coefficient (Wildman–Crippen LogP) is 2.70. The van der Waals surface area contributed by atoms with Gasteiger partial charge in [-0.3, -0.25) is 9.89 Å². The summed E-state index contributed by atoms with van der Waals surface area (Å²) in [5, 5.41) is 17.1. The summed E-state index contributed by atoms with van der Waals surface area (Å²) in [6, 6.07) is 5.85. The summed E-state index contributed by atoms with van der Waals surface area (Å²) in [4.78, 5) is 10.6. The normalized spacial score (nSPS) is 11.2. The lowest BCUT2D eigenvalue weighted by molar-refractivity contribution is -0.136. The molecule has 1 aromatic heterocycles. The van der Waals surface area contributed by atoms with Gasteiger partial charge in [0.05, 0.1) is 5.52 Å². The fourth-order valence-corrected chi connectivity index (χ4v) is 2.03. The van der Waals surface area contributed by atoms with Crippen LogP contribution in [0.2, 0.25) is 0 Å². The van der Waals surface area contributed by atoms with E-state index in [-0.39, 0.29) is 6.42 Å². The van der Waals surface area contributed by atoms with Crippen molar-refractivity contribution in [1.29, 1.82) is 0 Å². The number of H-pyrrole nitrogens is 1. The number of aromatic amines is 1. The molecule has 0 unspecified atom stereocenters. The molecule has 0 spiro atoms. The smallest absolute Gasteiger partial charge is 0.303 e. The number of carbonyl (C=O) groups is 1. The van der Waals surface area contributed by atoms with Crippen molar-refractivity contribution in [2.24, 2.45) is 0 Å². The molecule has 0 radical (unpaired) electrons. The number of hydrogen-bond donors (Lipinski definition) is 2. The van der Waals surface area contributed by atoms with Gasteiger partial charge in [-0.15, -0.1) is 0 Å². The molecule has 2 aromatic rings. The van der Waals surface area contributed by atoms with Gasteiger partial charge in [0, 0.05) is 17.5 Å². The zero-order chi connectivity index (χ0) is 12.4. The lowest BCUT2D eigenvalue weighted by Gasteiger charge is -2.06. The van der Waals surface area contributed by atoms with Crippen LogP contribution in [0.3, 0.4) is 0 Å². The van der Waals surface area contributed by atoms with Gasteiger partial charge in [0.2, 0.25) is 0 Å². The van der Waals surface area contributed by atoms with Crippen LogP contribution in [0.25, 0.3) is 10.9 Å². The van der Waals surface area contributed by atoms with Gasteiger partial charge < -0.3 is 5.11 Å². The van der Waals surface area contributed by atoms with Gasteiger partial charge in [0.25, 0.3) is 0 Å². The Hall–Kier alpha value is -1.84. The van der Waals surface area contributed by atoms with Crippen LogP contribution in [0.15, 0.2) is 18.2 Å². The van der Waals surface area contributed by atoms with Crippen LogP contribution in [0.1, 0.15) is 37.4 Å². The highest BCUT2D eigenvalue weighted by Gasteiger charge is 2.13. The maximum absolute atomic E-state index is 10.6. The number of hydrogen-bond acceptors (Lipinski definition) is 2. The highest BCUT2D eigenvalue weighted by atomic mass is 16.4. The van der Waals surface area contributed by atoms with Crippen LogP contribution in [-0.2, 0) is 11.2 Å². The minimum Gasteiger partial charge on any atom is -0.481 e. The molecule has 0 aliphatic rings. The molecule has 1 aromatic carbocycles. The van der Waals surface area contributed by atoms with E-state index in [9.17, 15) is 4.79 Å². The number of aliphatic carboxylic acids is 1. The first-order chi connectivity index (χ1) is 8.09. The number of carboxylic acids is 1. The van der Waals surface area contributed by atoms with Crippen LogP contribution >= 0.6 is 0 Å². The Morgan fingerprint density at radius 3 is 2.88 bits per heavy atom. The molecular weight excluding hydrogens is 216 g/mol. The molecular formula is C13H16N2O2. The molecule has 2 rings (SSSR count). The average Bonchev–Trinajstić information content (AvgIpc) is 2.70. The monoisotopic (exact) mass is 232 g/mol. The zero-order valence-electron chi connectivity index (χ0n) is 10.0. The van der Waals surface area contributed by atoms with Crippen LogP contribution in [0.4, 0.5) is 0 Å². The van der Waals surface area contributed by atoms with Crippen molar-refractivity contribution in [1.82, 2.24) is 10.2 Å². The van der Waals surface area contributed by atoms with E-state index in [2.05, 4.69) is 24.0 Å². The van der Waals surface area contributed by atoms with E-state index < -0.39 is 5.97 Å². The van der Waals surface area contributed by atoms with E-state index in [0.29, 0.717) is 12.3 Å². The number of nitrogens with one attached hydrogen (secondary N) is 1. The number of carboxylic acid groups (broad SMARTS) is 1. The largest absolute Gasteiger partial charge is 0.481 e. The van der Waals surface area contributed by atoms with Gasteiger partial charge in [-0.25, -0.2) is 0 Å². The molecule has 0 bridgehead atoms. The number of rotatable bonds is 4. The fourth-order valence-electron chi connectivity index (χ4n) is 2.03. The molecule has 0 aliphatic heterocycles. The molecule has 0 saturated heterocycles. The third kappa shape index (κ3) is 2.30. The molecule has 4 nitrogen and oxygen atoms in total. The second kappa shape index (κ2) is 4.57. The Morgan fingerprint density at radius 1 is 1.47 bits per heavy atom. The lowest BCUT2D eigenvalue weighted by atomic mass is 9.99. The first kappa shape index (κ1) is 11.6. The molecule has 90 valence electrons. The molecule has 4 heteroatoms. The quantitative estimate of drug-likeness (QED) is 0.851. The van der Waals surface area contributed by atoms with Crippen LogP contribution in [0, 0.1) is 0 Å². The van der Waals surface area contributed by atoms with Crippen LogP contribution in [-0.4, -0.2) is 21.3 Å². The molecule has 17 heavy (non-hydrogen) atoms. The van der Waals surface area contributed by atoms with Crippen LogP contribution < -0.4 is 0 Å². The minimum absolute atomic E-state index is 0.155. The van der Waals surface area contributed by atoms with Gasteiger partial charge in [-0.2, -0.15) is 5.10 Å². The summed E-state index contributed by atoms with van der Waals surface area (Å²) >= 11 is 0. The standard InChI is InChI=1S/C13H16N2O2/c1-8(2)13-12-9(6-7-11(16)17)4-3-5-10(12)14-15-13/h3-5,8H,6-7H2,1-2H3,(H,14,15)(H,16,17). The third-order valence-electron chi connectivity index (χ3n) is 2.88. The summed E-state index contributed by atoms with van der Waals surface area (Å²) in [5.74, 6) is -0.414. The number of aromatic nitrogens is 2. The maximum atomic E-state index is 10.6. The van der Waals surface area contributed by atoms with Gasteiger partial charge >= 0.3 is 5.97 Å². The third-order valence-corrected chi connectivity index (χ3v) is 2.88. The number of nitrogens with zero attached hydrogens (tertiary/aromatic N) is 1. The first-order valence-corrected chi connectivity index (χ1v) is 5.77. The molecule has 0 amide bonds. The maximum Gasteiger partial charge on any atom is 0.303 e. The van der Waals surface area contributed by atoms with Crippen molar-refractivity contribution >= 4 is 16.9 Å². The minimum atomic E-state index is -0.767. The van der Waals surface area contributed by atoms with Crippen molar-refractivity contribution in [3.63, 3.8) is 0 Å². The van der Waals surface area contributed by atoms with Crippen molar-refractivity contribution in [2.45, 2.75) is 32.6 Å². The Balaban J connectivity index is 2.46. The summed E-state index contributed by atoms with van der Waals surface area (Å²) < 4.78 is 0. The summed E-state index contributed by atoms with van der Waals surface area (Å²) in [7, 11) is 0. The molecule has 1 heterocycles. The summed E-state index contributed by atoms with van der Waals surface area (Å²) in [6.07, 6.45) is 0.702.